The molecule has 0 aromatic heterocycles. The van der Waals surface area contributed by atoms with E-state index in [1.54, 1.807) is 13.8 Å². The minimum absolute atomic E-state index is 0.162. The van der Waals surface area contributed by atoms with Crippen LogP contribution in [-0.2, 0) is 43.2 Å². The van der Waals surface area contributed by atoms with Gasteiger partial charge in [0.15, 0.2) is 0 Å². The summed E-state index contributed by atoms with van der Waals surface area (Å²) in [6.45, 7) is 3.15. The Morgan fingerprint density at radius 2 is 0.433 bits per heavy atom. The van der Waals surface area contributed by atoms with Crippen LogP contribution in [0, 0.1) is 0 Å². The third-order valence-electron chi connectivity index (χ3n) is 3.94. The number of rotatable bonds is 18. The maximum Gasteiger partial charge on any atom is 0.147 e. The highest BCUT2D eigenvalue weighted by Gasteiger charge is 2.21. The minimum Gasteiger partial charge on any atom is -0.299 e. The number of carbonyl (C=O) groups excluding carboxylic acids is 9. The molecule has 0 amide bonds. The molecule has 9 nitrogen and oxygen atoms in total. The lowest BCUT2D eigenvalue weighted by molar-refractivity contribution is -0.134. The van der Waals surface area contributed by atoms with Crippen molar-refractivity contribution in [1.29, 1.82) is 0 Å². The number of hydrogen-bond acceptors (Lipinski definition) is 9. The van der Waals surface area contributed by atoms with Crippen LogP contribution in [0.2, 0.25) is 0 Å². The molecule has 0 rings (SSSR count). The van der Waals surface area contributed by atoms with Gasteiger partial charge in [0.05, 0.1) is 51.4 Å². The molecule has 0 aromatic carbocycles. The molecule has 0 fully saturated rings. The maximum atomic E-state index is 11.8. The van der Waals surface area contributed by atoms with Crippen molar-refractivity contribution in [3.05, 3.63) is 0 Å². The molecule has 0 N–H and O–H groups in total. The number of Topliss-reactive ketones (excluding diaryl/α,β-unsaturated/α-hetero) is 9. The number of hydrogen-bond donors (Lipinski definition) is 0. The van der Waals surface area contributed by atoms with Crippen LogP contribution in [-0.4, -0.2) is 52.0 Å². The van der Waals surface area contributed by atoms with Crippen molar-refractivity contribution < 1.29 is 43.2 Å². The molecule has 0 unspecified atom stereocenters. The summed E-state index contributed by atoms with van der Waals surface area (Å²) in [6.07, 6.45) is -4.31. The standard InChI is InChI=1S/C21H26O9/c1-3-13(22)5-15(24)7-17(26)9-19(28)11-21(30)12-20(29)10-18(27)8-16(25)6-14(23)4-2/h3-12H2,1-2H3. The molecule has 0 spiro atoms. The normalized spacial score (nSPS) is 10.2. The van der Waals surface area contributed by atoms with Crippen LogP contribution in [0.4, 0.5) is 0 Å². The summed E-state index contributed by atoms with van der Waals surface area (Å²) >= 11 is 0. The first-order valence-corrected chi connectivity index (χ1v) is 9.62. The Bertz CT molecular complexity index is 696. The van der Waals surface area contributed by atoms with E-state index in [1.165, 1.54) is 0 Å². The molecule has 0 aliphatic carbocycles. The predicted octanol–water partition coefficient (Wildman–Crippen LogP) is 1.05. The van der Waals surface area contributed by atoms with Crippen molar-refractivity contribution in [1.82, 2.24) is 0 Å². The lowest BCUT2D eigenvalue weighted by atomic mass is 9.99. The summed E-state index contributed by atoms with van der Waals surface area (Å²) in [5.74, 6) is -5.61. The smallest absolute Gasteiger partial charge is 0.147 e. The Kier molecular flexibility index (Phi) is 12.7. The monoisotopic (exact) mass is 422 g/mol. The molecule has 0 heterocycles. The Labute approximate surface area is 173 Å². The molecule has 0 atom stereocenters. The molecule has 0 aliphatic rings. The summed E-state index contributed by atoms with van der Waals surface area (Å²) in [5, 5.41) is 0. The van der Waals surface area contributed by atoms with Gasteiger partial charge in [-0.25, -0.2) is 0 Å². The fraction of sp³-hybridized carbons (Fsp3) is 0.571. The van der Waals surface area contributed by atoms with Gasteiger partial charge in [0.2, 0.25) is 0 Å². The molecule has 164 valence electrons. The van der Waals surface area contributed by atoms with Gasteiger partial charge in [-0.05, 0) is 0 Å². The zero-order valence-corrected chi connectivity index (χ0v) is 17.2. The highest BCUT2D eigenvalue weighted by atomic mass is 16.2. The topological polar surface area (TPSA) is 154 Å². The van der Waals surface area contributed by atoms with Crippen molar-refractivity contribution >= 4 is 52.0 Å². The van der Waals surface area contributed by atoms with Gasteiger partial charge in [0, 0.05) is 12.8 Å². The lowest BCUT2D eigenvalue weighted by Gasteiger charge is -2.02. The van der Waals surface area contributed by atoms with Crippen molar-refractivity contribution in [2.45, 2.75) is 78.1 Å². The second kappa shape index (κ2) is 14.1. The summed E-state index contributed by atoms with van der Waals surface area (Å²) in [5.41, 5.74) is 0. The molecule has 0 radical (unpaired) electrons. The first kappa shape index (κ1) is 27.0. The van der Waals surface area contributed by atoms with E-state index in [0.717, 1.165) is 0 Å². The van der Waals surface area contributed by atoms with Crippen LogP contribution in [0.15, 0.2) is 0 Å². The summed E-state index contributed by atoms with van der Waals surface area (Å²) in [7, 11) is 0. The van der Waals surface area contributed by atoms with Gasteiger partial charge in [-0.3, -0.25) is 43.2 Å². The van der Waals surface area contributed by atoms with E-state index in [-0.39, 0.29) is 37.2 Å². The summed E-state index contributed by atoms with van der Waals surface area (Å²) in [4.78, 5) is 104. The molecule has 9 heteroatoms. The van der Waals surface area contributed by atoms with Crippen molar-refractivity contribution in [2.75, 3.05) is 0 Å². The molecule has 0 bridgehead atoms. The highest BCUT2D eigenvalue weighted by Crippen LogP contribution is 2.05. The van der Waals surface area contributed by atoms with Crippen LogP contribution in [0.5, 0.6) is 0 Å². The zero-order valence-electron chi connectivity index (χ0n) is 17.2. The van der Waals surface area contributed by atoms with Crippen LogP contribution in [0.1, 0.15) is 78.1 Å². The van der Waals surface area contributed by atoms with E-state index in [0.29, 0.717) is 0 Å². The fourth-order valence-electron chi connectivity index (χ4n) is 2.45. The molecule has 0 aliphatic heterocycles. The van der Waals surface area contributed by atoms with Crippen LogP contribution in [0.3, 0.4) is 0 Å². The average molecular weight is 422 g/mol. The van der Waals surface area contributed by atoms with Crippen LogP contribution < -0.4 is 0 Å². The Hall–Kier alpha value is -2.97. The fourth-order valence-corrected chi connectivity index (χ4v) is 2.45. The number of carbonyl (C=O) groups is 9. The van der Waals surface area contributed by atoms with Gasteiger partial charge in [-0.15, -0.1) is 0 Å². The molecule has 0 saturated heterocycles. The first-order chi connectivity index (χ1) is 14.0. The Morgan fingerprint density at radius 3 is 0.567 bits per heavy atom. The van der Waals surface area contributed by atoms with Gasteiger partial charge in [0.25, 0.3) is 0 Å². The van der Waals surface area contributed by atoms with E-state index in [9.17, 15) is 43.2 Å². The van der Waals surface area contributed by atoms with Gasteiger partial charge in [-0.2, -0.15) is 0 Å². The van der Waals surface area contributed by atoms with Crippen molar-refractivity contribution in [3.8, 4) is 0 Å². The lowest BCUT2D eigenvalue weighted by Crippen LogP contribution is -2.19. The summed E-state index contributed by atoms with van der Waals surface area (Å²) < 4.78 is 0. The van der Waals surface area contributed by atoms with E-state index in [1.807, 2.05) is 0 Å². The van der Waals surface area contributed by atoms with Crippen LogP contribution >= 0.6 is 0 Å². The zero-order chi connectivity index (χ0) is 23.3. The molecular weight excluding hydrogens is 396 g/mol. The van der Waals surface area contributed by atoms with Gasteiger partial charge in [-0.1, -0.05) is 13.8 Å². The van der Waals surface area contributed by atoms with E-state index < -0.39 is 79.0 Å². The molecular formula is C21H26O9. The molecule has 30 heavy (non-hydrogen) atoms. The van der Waals surface area contributed by atoms with Crippen molar-refractivity contribution in [3.63, 3.8) is 0 Å². The average Bonchev–Trinajstić information content (AvgIpc) is 2.59. The molecule has 0 saturated carbocycles. The Balaban J connectivity index is 4.29. The van der Waals surface area contributed by atoms with Gasteiger partial charge in [0.1, 0.15) is 52.0 Å². The predicted molar refractivity (Wildman–Crippen MR) is 103 cm³/mol. The molecule has 0 aromatic rings. The first-order valence-electron chi connectivity index (χ1n) is 9.62. The third kappa shape index (κ3) is 13.2. The van der Waals surface area contributed by atoms with Crippen molar-refractivity contribution in [2.24, 2.45) is 0 Å². The van der Waals surface area contributed by atoms with Gasteiger partial charge >= 0.3 is 0 Å². The van der Waals surface area contributed by atoms with Gasteiger partial charge < -0.3 is 0 Å². The quantitative estimate of drug-likeness (QED) is 0.295. The van der Waals surface area contributed by atoms with Crippen LogP contribution in [0.25, 0.3) is 0 Å². The van der Waals surface area contributed by atoms with E-state index >= 15 is 0 Å². The second-order valence-corrected chi connectivity index (χ2v) is 6.97. The SMILES string of the molecule is CCC(=O)CC(=O)CC(=O)CC(=O)CC(=O)CC(=O)CC(=O)CC(=O)CC(=O)CC. The largest absolute Gasteiger partial charge is 0.299 e. The summed E-state index contributed by atoms with van der Waals surface area (Å²) in [6, 6.07) is 0. The highest BCUT2D eigenvalue weighted by molar-refractivity contribution is 6.17. The second-order valence-electron chi connectivity index (χ2n) is 6.97. The Morgan fingerprint density at radius 1 is 0.300 bits per heavy atom. The third-order valence-corrected chi connectivity index (χ3v) is 3.94. The number of ketones is 9. The minimum atomic E-state index is -0.787. The maximum absolute atomic E-state index is 11.8. The van der Waals surface area contributed by atoms with E-state index in [2.05, 4.69) is 0 Å². The van der Waals surface area contributed by atoms with E-state index in [4.69, 9.17) is 0 Å².